The predicted octanol–water partition coefficient (Wildman–Crippen LogP) is 0.225. The first-order valence-electron chi connectivity index (χ1n) is 8.08. The number of anilines is 2. The van der Waals surface area contributed by atoms with Crippen molar-refractivity contribution in [2.75, 3.05) is 11.1 Å². The third-order valence-electron chi connectivity index (χ3n) is 3.67. The number of nitrogens with zero attached hydrogens (tertiary/aromatic N) is 3. The predicted molar refractivity (Wildman–Crippen MR) is 99.1 cm³/mol. The van der Waals surface area contributed by atoms with E-state index < -0.39 is 11.6 Å². The molecule has 10 heteroatoms. The second kappa shape index (κ2) is 7.60. The van der Waals surface area contributed by atoms with Gasteiger partial charge in [-0.1, -0.05) is 0 Å². The second-order valence-electron chi connectivity index (χ2n) is 5.81. The minimum atomic E-state index is -0.547. The van der Waals surface area contributed by atoms with E-state index in [9.17, 15) is 14.4 Å². The van der Waals surface area contributed by atoms with Crippen LogP contribution in [0.1, 0.15) is 23.0 Å². The minimum Gasteiger partial charge on any atom is -0.379 e. The largest absolute Gasteiger partial charge is 0.379 e. The highest BCUT2D eigenvalue weighted by molar-refractivity contribution is 5.95. The van der Waals surface area contributed by atoms with Gasteiger partial charge in [-0.05, 0) is 31.2 Å². The number of rotatable bonds is 6. The van der Waals surface area contributed by atoms with Crippen LogP contribution in [0.3, 0.4) is 0 Å². The Labute approximate surface area is 153 Å². The fourth-order valence-corrected chi connectivity index (χ4v) is 2.31. The normalized spacial score (nSPS) is 11.7. The van der Waals surface area contributed by atoms with Gasteiger partial charge in [0.1, 0.15) is 6.29 Å². The molecule has 0 fully saturated rings. The summed E-state index contributed by atoms with van der Waals surface area (Å²) in [7, 11) is 0. The molecule has 0 aliphatic carbocycles. The molecule has 0 aliphatic heterocycles. The average molecular weight is 367 g/mol. The van der Waals surface area contributed by atoms with Crippen molar-refractivity contribution in [3.8, 4) is 0 Å². The zero-order valence-corrected chi connectivity index (χ0v) is 14.4. The Kier molecular flexibility index (Phi) is 5.06. The molecular formula is C17H17N7O3. The third-order valence-corrected chi connectivity index (χ3v) is 3.67. The van der Waals surface area contributed by atoms with E-state index in [0.717, 1.165) is 5.69 Å². The molecule has 3 rings (SSSR count). The first-order chi connectivity index (χ1) is 13.0. The number of aldehydes is 1. The number of aromatic nitrogens is 4. The molecule has 10 nitrogen and oxygen atoms in total. The molecular weight excluding hydrogens is 350 g/mol. The number of hydrogen-bond donors (Lipinski definition) is 4. The molecule has 2 heterocycles. The number of aromatic amines is 1. The molecule has 1 amide bonds. The summed E-state index contributed by atoms with van der Waals surface area (Å²) in [5.41, 5.74) is 7.05. The maximum absolute atomic E-state index is 11.9. The topological polar surface area (TPSA) is 156 Å². The fraction of sp³-hybridized carbons (Fsp3) is 0.176. The lowest BCUT2D eigenvalue weighted by atomic mass is 10.2. The van der Waals surface area contributed by atoms with Crippen molar-refractivity contribution < 1.29 is 9.59 Å². The second-order valence-corrected chi connectivity index (χ2v) is 5.81. The van der Waals surface area contributed by atoms with Crippen molar-refractivity contribution in [3.05, 3.63) is 52.1 Å². The molecule has 0 aliphatic rings. The van der Waals surface area contributed by atoms with Gasteiger partial charge >= 0.3 is 0 Å². The molecule has 138 valence electrons. The number of carbonyl (C=O) groups excluding carboxylic acids is 2. The van der Waals surface area contributed by atoms with Gasteiger partial charge in [-0.15, -0.1) is 0 Å². The van der Waals surface area contributed by atoms with Crippen LogP contribution in [0.2, 0.25) is 0 Å². The van der Waals surface area contributed by atoms with Crippen LogP contribution in [0.4, 0.5) is 11.6 Å². The van der Waals surface area contributed by atoms with E-state index in [4.69, 9.17) is 5.73 Å². The zero-order valence-electron chi connectivity index (χ0n) is 14.4. The van der Waals surface area contributed by atoms with Crippen LogP contribution in [-0.4, -0.2) is 38.2 Å². The van der Waals surface area contributed by atoms with Crippen molar-refractivity contribution in [1.82, 2.24) is 25.3 Å². The van der Waals surface area contributed by atoms with E-state index in [1.807, 2.05) is 0 Å². The summed E-state index contributed by atoms with van der Waals surface area (Å²) in [5.74, 6) is -0.341. The van der Waals surface area contributed by atoms with E-state index in [0.29, 0.717) is 24.1 Å². The van der Waals surface area contributed by atoms with Gasteiger partial charge in [-0.3, -0.25) is 14.6 Å². The van der Waals surface area contributed by atoms with E-state index in [1.54, 1.807) is 31.2 Å². The summed E-state index contributed by atoms with van der Waals surface area (Å²) >= 11 is 0. The molecule has 3 aromatic rings. The van der Waals surface area contributed by atoms with Gasteiger partial charge in [0, 0.05) is 11.3 Å². The van der Waals surface area contributed by atoms with E-state index in [1.165, 1.54) is 6.20 Å². The number of nitrogens with two attached hydrogens (primary N) is 1. The number of fused-ring (bicyclic) bond motifs is 1. The van der Waals surface area contributed by atoms with Crippen LogP contribution in [0.25, 0.3) is 11.2 Å². The highest BCUT2D eigenvalue weighted by atomic mass is 16.2. The molecule has 27 heavy (non-hydrogen) atoms. The summed E-state index contributed by atoms with van der Waals surface area (Å²) < 4.78 is 0. The van der Waals surface area contributed by atoms with Crippen LogP contribution < -0.4 is 21.9 Å². The van der Waals surface area contributed by atoms with E-state index in [2.05, 4.69) is 30.6 Å². The average Bonchev–Trinajstić information content (AvgIpc) is 2.66. The molecule has 0 unspecified atom stereocenters. The maximum Gasteiger partial charge on any atom is 0.280 e. The number of H-pyrrole nitrogens is 1. The van der Waals surface area contributed by atoms with Gasteiger partial charge in [0.05, 0.1) is 24.5 Å². The number of hydrogen-bond acceptors (Lipinski definition) is 8. The van der Waals surface area contributed by atoms with E-state index >= 15 is 0 Å². The van der Waals surface area contributed by atoms with Gasteiger partial charge in [-0.25, -0.2) is 9.97 Å². The number of benzene rings is 1. The molecule has 0 radical (unpaired) electrons. The number of carbonyl (C=O) groups is 2. The Morgan fingerprint density at radius 2 is 2.04 bits per heavy atom. The van der Waals surface area contributed by atoms with Crippen molar-refractivity contribution in [2.24, 2.45) is 0 Å². The van der Waals surface area contributed by atoms with Crippen LogP contribution >= 0.6 is 0 Å². The Morgan fingerprint density at radius 3 is 2.74 bits per heavy atom. The van der Waals surface area contributed by atoms with Crippen LogP contribution in [-0.2, 0) is 11.3 Å². The van der Waals surface area contributed by atoms with Crippen molar-refractivity contribution >= 4 is 35.0 Å². The Morgan fingerprint density at radius 1 is 1.30 bits per heavy atom. The Bertz CT molecular complexity index is 1050. The number of amides is 1. The molecule has 1 aromatic carbocycles. The molecule has 2 aromatic heterocycles. The summed E-state index contributed by atoms with van der Waals surface area (Å²) in [6, 6.07) is 6.18. The molecule has 0 spiro atoms. The number of nitrogens with one attached hydrogen (secondary N) is 3. The standard InChI is InChI=1S/C17H17N7O3/c1-9(8-25)21-15(26)10-2-4-11(5-3-10)19-6-12-7-20-14-13(22-12)16(27)24-17(18)23-14/h2-5,7-9,19H,6H2,1H3,(H,21,26)(H3,18,20,23,24,27)/t9-/m0/s1. The highest BCUT2D eigenvalue weighted by Crippen LogP contribution is 2.11. The molecule has 1 atom stereocenters. The summed E-state index contributed by atoms with van der Waals surface area (Å²) in [6.07, 6.45) is 2.16. The Balaban J connectivity index is 1.68. The van der Waals surface area contributed by atoms with Crippen molar-refractivity contribution in [2.45, 2.75) is 19.5 Å². The van der Waals surface area contributed by atoms with Crippen LogP contribution in [0.5, 0.6) is 0 Å². The molecule has 0 saturated heterocycles. The SMILES string of the molecule is C[C@@H](C=O)NC(=O)c1ccc(NCc2cnc3nc(N)[nH]c(=O)c3n2)cc1. The van der Waals surface area contributed by atoms with Gasteiger partial charge in [0.15, 0.2) is 11.2 Å². The molecule has 0 saturated carbocycles. The molecule has 0 bridgehead atoms. The van der Waals surface area contributed by atoms with Gasteiger partial charge in [0.25, 0.3) is 11.5 Å². The first kappa shape index (κ1) is 18.0. The monoisotopic (exact) mass is 367 g/mol. The van der Waals surface area contributed by atoms with Crippen LogP contribution in [0, 0.1) is 0 Å². The smallest absolute Gasteiger partial charge is 0.280 e. The summed E-state index contributed by atoms with van der Waals surface area (Å²) in [4.78, 5) is 49.0. The first-order valence-corrected chi connectivity index (χ1v) is 8.08. The van der Waals surface area contributed by atoms with Crippen molar-refractivity contribution in [3.63, 3.8) is 0 Å². The fourth-order valence-electron chi connectivity index (χ4n) is 2.31. The minimum absolute atomic E-state index is 0.0145. The summed E-state index contributed by atoms with van der Waals surface area (Å²) in [5, 5.41) is 5.68. The third kappa shape index (κ3) is 4.24. The number of nitrogen functional groups attached to an aromatic ring is 1. The lowest BCUT2D eigenvalue weighted by Crippen LogP contribution is -2.33. The summed E-state index contributed by atoms with van der Waals surface area (Å²) in [6.45, 7) is 1.92. The highest BCUT2D eigenvalue weighted by Gasteiger charge is 2.09. The van der Waals surface area contributed by atoms with Gasteiger partial charge in [-0.2, -0.15) is 4.98 Å². The van der Waals surface area contributed by atoms with E-state index in [-0.39, 0.29) is 23.0 Å². The van der Waals surface area contributed by atoms with Gasteiger partial charge < -0.3 is 21.2 Å². The lowest BCUT2D eigenvalue weighted by Gasteiger charge is -2.09. The van der Waals surface area contributed by atoms with Crippen molar-refractivity contribution in [1.29, 1.82) is 0 Å². The Hall–Kier alpha value is -3.82. The van der Waals surface area contributed by atoms with Crippen LogP contribution in [0.15, 0.2) is 35.3 Å². The lowest BCUT2D eigenvalue weighted by molar-refractivity contribution is -0.109. The zero-order chi connectivity index (χ0) is 19.4. The molecule has 5 N–H and O–H groups in total. The quantitative estimate of drug-likeness (QED) is 0.451. The maximum atomic E-state index is 11.9. The van der Waals surface area contributed by atoms with Gasteiger partial charge in [0.2, 0.25) is 5.95 Å².